The lowest BCUT2D eigenvalue weighted by Gasteiger charge is -2.23. The fourth-order valence-corrected chi connectivity index (χ4v) is 4.59. The summed E-state index contributed by atoms with van der Waals surface area (Å²) in [6.07, 6.45) is 13.6. The number of benzene rings is 1. The van der Waals surface area contributed by atoms with Gasteiger partial charge in [0, 0.05) is 60.8 Å². The van der Waals surface area contributed by atoms with Gasteiger partial charge in [0.05, 0.1) is 12.2 Å². The second kappa shape index (κ2) is 15.8. The minimum Gasteiger partial charge on any atom is -0.492 e. The van der Waals surface area contributed by atoms with E-state index in [-0.39, 0.29) is 24.1 Å². The van der Waals surface area contributed by atoms with Gasteiger partial charge in [-0.15, -0.1) is 0 Å². The minimum absolute atomic E-state index is 0.00637. The Bertz CT molecular complexity index is 1220. The lowest BCUT2D eigenvalue weighted by atomic mass is 9.99. The maximum Gasteiger partial charge on any atom is 0.254 e. The molecule has 0 spiro atoms. The van der Waals surface area contributed by atoms with Crippen molar-refractivity contribution >= 4 is 12.1 Å². The molecule has 2 aliphatic heterocycles. The first-order valence-corrected chi connectivity index (χ1v) is 14.2. The number of nitrogens with one attached hydrogen (secondary N) is 2. The van der Waals surface area contributed by atoms with Gasteiger partial charge in [-0.2, -0.15) is 0 Å². The van der Waals surface area contributed by atoms with Crippen molar-refractivity contribution in [3.05, 3.63) is 93.4 Å². The number of aliphatic imine (C=N–C) groups is 1. The van der Waals surface area contributed by atoms with Crippen LogP contribution in [0.2, 0.25) is 0 Å². The van der Waals surface area contributed by atoms with Gasteiger partial charge in [0.1, 0.15) is 17.4 Å². The zero-order valence-electron chi connectivity index (χ0n) is 24.2. The molecule has 0 saturated carbocycles. The summed E-state index contributed by atoms with van der Waals surface area (Å²) in [5, 5.41) is 6.31. The summed E-state index contributed by atoms with van der Waals surface area (Å²) in [6.45, 7) is 10.1. The van der Waals surface area contributed by atoms with Crippen molar-refractivity contribution in [2.45, 2.75) is 72.4 Å². The molecule has 2 aliphatic rings. The smallest absolute Gasteiger partial charge is 0.254 e. The summed E-state index contributed by atoms with van der Waals surface area (Å²) in [6, 6.07) is 4.96. The Morgan fingerprint density at radius 1 is 1.18 bits per heavy atom. The van der Waals surface area contributed by atoms with Crippen LogP contribution in [0.1, 0.15) is 75.7 Å². The highest BCUT2D eigenvalue weighted by Crippen LogP contribution is 2.32. The van der Waals surface area contributed by atoms with Crippen molar-refractivity contribution in [2.24, 2.45) is 10.7 Å². The molecular weight excluding hydrogens is 507 g/mol. The highest BCUT2D eigenvalue weighted by atomic mass is 19.1. The topological polar surface area (TPSA) is 98.0 Å². The van der Waals surface area contributed by atoms with Gasteiger partial charge in [0.15, 0.2) is 0 Å². The van der Waals surface area contributed by atoms with E-state index in [4.69, 9.17) is 15.2 Å². The van der Waals surface area contributed by atoms with Crippen LogP contribution >= 0.6 is 0 Å². The molecule has 0 aliphatic carbocycles. The molecule has 2 fully saturated rings. The van der Waals surface area contributed by atoms with Crippen molar-refractivity contribution in [3.63, 3.8) is 0 Å². The van der Waals surface area contributed by atoms with Crippen LogP contribution in [0.5, 0.6) is 0 Å². The number of ether oxygens (including phenoxy) is 2. The molecule has 2 saturated heterocycles. The molecule has 0 bridgehead atoms. The third kappa shape index (κ3) is 8.68. The summed E-state index contributed by atoms with van der Waals surface area (Å²) in [4.78, 5) is 17.0. The molecule has 216 valence electrons. The maximum absolute atomic E-state index is 15.4. The number of allylic oxidation sites excluding steroid dienone is 8. The van der Waals surface area contributed by atoms with Crippen LogP contribution in [0.25, 0.3) is 0 Å². The second-order valence-corrected chi connectivity index (χ2v) is 9.91. The molecule has 1 amide bonds. The predicted molar refractivity (Wildman–Crippen MR) is 159 cm³/mol. The lowest BCUT2D eigenvalue weighted by molar-refractivity contribution is 0.0694. The number of rotatable bonds is 11. The molecule has 0 radical (unpaired) electrons. The van der Waals surface area contributed by atoms with Crippen molar-refractivity contribution in [2.75, 3.05) is 19.8 Å². The largest absolute Gasteiger partial charge is 0.492 e. The Labute approximate surface area is 237 Å². The minimum atomic E-state index is -0.503. The van der Waals surface area contributed by atoms with Crippen molar-refractivity contribution < 1.29 is 18.7 Å². The van der Waals surface area contributed by atoms with Gasteiger partial charge < -0.3 is 25.8 Å². The van der Waals surface area contributed by atoms with Crippen molar-refractivity contribution in [3.8, 4) is 0 Å². The van der Waals surface area contributed by atoms with Crippen LogP contribution in [0.15, 0.2) is 81.5 Å². The van der Waals surface area contributed by atoms with Crippen LogP contribution in [-0.2, 0) is 16.0 Å². The van der Waals surface area contributed by atoms with E-state index in [1.165, 1.54) is 6.07 Å². The fraction of sp³-hybridized carbons (Fsp3) is 0.438. The van der Waals surface area contributed by atoms with E-state index in [9.17, 15) is 4.79 Å². The monoisotopic (exact) mass is 550 g/mol. The molecule has 7 nitrogen and oxygen atoms in total. The fourth-order valence-electron chi connectivity index (χ4n) is 4.59. The van der Waals surface area contributed by atoms with Crippen LogP contribution in [0, 0.1) is 5.82 Å². The van der Waals surface area contributed by atoms with E-state index in [0.717, 1.165) is 60.3 Å². The van der Waals surface area contributed by atoms with Gasteiger partial charge in [0.25, 0.3) is 5.91 Å². The van der Waals surface area contributed by atoms with Crippen LogP contribution in [0.4, 0.5) is 4.39 Å². The van der Waals surface area contributed by atoms with Crippen molar-refractivity contribution in [1.82, 2.24) is 10.6 Å². The second-order valence-electron chi connectivity index (χ2n) is 9.91. The zero-order chi connectivity index (χ0) is 28.9. The summed E-state index contributed by atoms with van der Waals surface area (Å²) >= 11 is 0. The third-order valence-electron chi connectivity index (χ3n) is 6.90. The van der Waals surface area contributed by atoms with Crippen LogP contribution in [-0.4, -0.2) is 38.0 Å². The number of hydrogen-bond acceptors (Lipinski definition) is 6. The Balaban J connectivity index is 1.81. The van der Waals surface area contributed by atoms with Crippen molar-refractivity contribution in [1.29, 1.82) is 0 Å². The number of amides is 1. The number of carbonyl (C=O) groups excluding carboxylic acids is 1. The van der Waals surface area contributed by atoms with Gasteiger partial charge >= 0.3 is 0 Å². The Kier molecular flexibility index (Phi) is 12.2. The molecule has 1 aromatic carbocycles. The zero-order valence-corrected chi connectivity index (χ0v) is 24.2. The van der Waals surface area contributed by atoms with E-state index >= 15 is 4.39 Å². The first kappa shape index (κ1) is 30.9. The van der Waals surface area contributed by atoms with Gasteiger partial charge in [-0.3, -0.25) is 4.79 Å². The van der Waals surface area contributed by atoms with E-state index in [1.807, 2.05) is 32.9 Å². The molecular formula is C32H43FN4O3. The van der Waals surface area contributed by atoms with E-state index in [1.54, 1.807) is 18.3 Å². The highest BCUT2D eigenvalue weighted by molar-refractivity contribution is 5.94. The third-order valence-corrected chi connectivity index (χ3v) is 6.90. The Morgan fingerprint density at radius 2 is 1.95 bits per heavy atom. The SMILES string of the molecule is CC/C=C/C(=C1/OCC/C1=C(/C)NCc1cccc(C(=O)NC2CCOCC2)c1F)C(/C)=C/C=N\C(N)=C\CC. The van der Waals surface area contributed by atoms with Gasteiger partial charge in [0.2, 0.25) is 0 Å². The molecule has 2 heterocycles. The summed E-state index contributed by atoms with van der Waals surface area (Å²) in [5.41, 5.74) is 10.3. The molecule has 0 atom stereocenters. The number of hydrogen-bond donors (Lipinski definition) is 3. The summed E-state index contributed by atoms with van der Waals surface area (Å²) < 4.78 is 26.8. The molecule has 3 rings (SSSR count). The molecule has 40 heavy (non-hydrogen) atoms. The highest BCUT2D eigenvalue weighted by Gasteiger charge is 2.23. The Hall–Kier alpha value is -3.65. The standard InChI is InChI=1S/C32H43FN4O3/c1-5-7-11-26(22(3)13-17-35-29(34)9-6-2)31-27(16-20-40-31)23(4)36-21-24-10-8-12-28(30(24)33)32(38)37-25-14-18-39-19-15-25/h7-13,17,25,36H,5-6,14-16,18-21,34H2,1-4H3,(H,37,38)/b11-7+,22-13+,27-23+,29-9+,31-26-,35-17-. The lowest BCUT2D eigenvalue weighted by Crippen LogP contribution is -2.39. The van der Waals surface area contributed by atoms with Gasteiger partial charge in [-0.1, -0.05) is 38.1 Å². The number of halogens is 1. The maximum atomic E-state index is 15.4. The van der Waals surface area contributed by atoms with Gasteiger partial charge in [-0.05, 0) is 63.3 Å². The van der Waals surface area contributed by atoms with Crippen LogP contribution < -0.4 is 16.4 Å². The predicted octanol–water partition coefficient (Wildman–Crippen LogP) is 5.97. The number of carbonyl (C=O) groups is 1. The van der Waals surface area contributed by atoms with E-state index in [2.05, 4.69) is 34.7 Å². The summed E-state index contributed by atoms with van der Waals surface area (Å²) in [5.74, 6) is 0.400. The molecule has 8 heteroatoms. The molecule has 4 N–H and O–H groups in total. The normalized spacial score (nSPS) is 19.7. The van der Waals surface area contributed by atoms with Crippen LogP contribution in [0.3, 0.4) is 0 Å². The Morgan fingerprint density at radius 3 is 2.67 bits per heavy atom. The molecule has 0 aromatic heterocycles. The average Bonchev–Trinajstić information content (AvgIpc) is 3.43. The first-order chi connectivity index (χ1) is 19.3. The first-order valence-electron chi connectivity index (χ1n) is 14.2. The molecule has 1 aromatic rings. The average molecular weight is 551 g/mol. The van der Waals surface area contributed by atoms with Gasteiger partial charge in [-0.25, -0.2) is 9.38 Å². The number of nitrogens with zero attached hydrogens (tertiary/aromatic N) is 1. The molecule has 0 unspecified atom stereocenters. The quantitative estimate of drug-likeness (QED) is 0.295. The number of nitrogens with two attached hydrogens (primary N) is 1. The van der Waals surface area contributed by atoms with E-state index in [0.29, 0.717) is 31.2 Å². The van der Waals surface area contributed by atoms with E-state index < -0.39 is 5.82 Å². The summed E-state index contributed by atoms with van der Waals surface area (Å²) in [7, 11) is 0.